The number of nitrogens with zero attached hydrogens (tertiary/aromatic N) is 2. The van der Waals surface area contributed by atoms with E-state index in [1.165, 1.54) is 0 Å². The van der Waals surface area contributed by atoms with Crippen molar-refractivity contribution in [3.05, 3.63) is 28.2 Å². The molecule has 1 aliphatic rings. The molecule has 22 heavy (non-hydrogen) atoms. The summed E-state index contributed by atoms with van der Waals surface area (Å²) >= 11 is 3.38. The maximum Gasteiger partial charge on any atom is 0.243 e. The van der Waals surface area contributed by atoms with Gasteiger partial charge in [0.2, 0.25) is 15.9 Å². The molecular weight excluding hydrogens is 372 g/mol. The predicted molar refractivity (Wildman–Crippen MR) is 88.5 cm³/mol. The first-order chi connectivity index (χ1) is 10.3. The largest absolute Gasteiger partial charge is 0.378 e. The molecule has 0 saturated carbocycles. The Hall–Kier alpha value is -1.12. The lowest BCUT2D eigenvalue weighted by Gasteiger charge is -2.30. The van der Waals surface area contributed by atoms with Crippen molar-refractivity contribution in [2.24, 2.45) is 0 Å². The van der Waals surface area contributed by atoms with E-state index in [2.05, 4.69) is 15.9 Å². The van der Waals surface area contributed by atoms with E-state index in [1.54, 1.807) is 11.0 Å². The highest BCUT2D eigenvalue weighted by Gasteiger charge is 2.26. The first-order valence-electron chi connectivity index (χ1n) is 6.88. The maximum absolute atomic E-state index is 12.4. The summed E-state index contributed by atoms with van der Waals surface area (Å²) in [6.07, 6.45) is 1.10. The second-order valence-corrected chi connectivity index (χ2v) is 7.98. The van der Waals surface area contributed by atoms with Crippen LogP contribution in [0.1, 0.15) is 5.56 Å². The zero-order valence-electron chi connectivity index (χ0n) is 12.6. The third kappa shape index (κ3) is 4.21. The first-order valence-corrected chi connectivity index (χ1v) is 9.52. The van der Waals surface area contributed by atoms with Gasteiger partial charge in [-0.1, -0.05) is 6.07 Å². The molecule has 0 spiro atoms. The molecule has 2 rings (SSSR count). The number of carbonyl (C=O) groups is 1. The van der Waals surface area contributed by atoms with Gasteiger partial charge < -0.3 is 9.64 Å². The van der Waals surface area contributed by atoms with E-state index < -0.39 is 10.0 Å². The van der Waals surface area contributed by atoms with Crippen molar-refractivity contribution in [2.75, 3.05) is 43.4 Å². The van der Waals surface area contributed by atoms with Crippen LogP contribution in [-0.2, 0) is 19.6 Å². The van der Waals surface area contributed by atoms with Crippen LogP contribution in [0, 0.1) is 6.92 Å². The number of sulfonamides is 1. The Kier molecular flexibility index (Phi) is 5.46. The van der Waals surface area contributed by atoms with E-state index in [4.69, 9.17) is 4.74 Å². The molecule has 0 aliphatic carbocycles. The number of aryl methyl sites for hydroxylation is 1. The normalized spacial score (nSPS) is 15.7. The number of carbonyl (C=O) groups excluding carboxylic acids is 1. The Morgan fingerprint density at radius 1 is 1.36 bits per heavy atom. The summed E-state index contributed by atoms with van der Waals surface area (Å²) < 4.78 is 31.2. The molecule has 0 bridgehead atoms. The molecule has 0 radical (unpaired) electrons. The average molecular weight is 391 g/mol. The molecule has 8 heteroatoms. The van der Waals surface area contributed by atoms with Crippen LogP contribution in [0.15, 0.2) is 22.7 Å². The molecule has 1 saturated heterocycles. The van der Waals surface area contributed by atoms with Gasteiger partial charge >= 0.3 is 0 Å². The number of amides is 1. The zero-order valence-corrected chi connectivity index (χ0v) is 15.0. The average Bonchev–Trinajstić information content (AvgIpc) is 2.45. The monoisotopic (exact) mass is 390 g/mol. The highest BCUT2D eigenvalue weighted by molar-refractivity contribution is 9.10. The molecule has 0 atom stereocenters. The zero-order chi connectivity index (χ0) is 16.3. The van der Waals surface area contributed by atoms with Gasteiger partial charge in [0, 0.05) is 17.6 Å². The molecule has 122 valence electrons. The molecule has 1 heterocycles. The number of rotatable bonds is 4. The van der Waals surface area contributed by atoms with Crippen molar-refractivity contribution in [2.45, 2.75) is 6.92 Å². The summed E-state index contributed by atoms with van der Waals surface area (Å²) in [6.45, 7) is 3.66. The van der Waals surface area contributed by atoms with Gasteiger partial charge in [-0.05, 0) is 40.5 Å². The highest BCUT2D eigenvalue weighted by atomic mass is 79.9. The van der Waals surface area contributed by atoms with Crippen molar-refractivity contribution < 1.29 is 17.9 Å². The molecular formula is C14H19BrN2O4S. The van der Waals surface area contributed by atoms with E-state index in [0.29, 0.717) is 36.5 Å². The smallest absolute Gasteiger partial charge is 0.243 e. The number of hydrogen-bond donors (Lipinski definition) is 0. The highest BCUT2D eigenvalue weighted by Crippen LogP contribution is 2.29. The Bertz CT molecular complexity index is 657. The van der Waals surface area contributed by atoms with Crippen molar-refractivity contribution in [3.8, 4) is 0 Å². The minimum Gasteiger partial charge on any atom is -0.378 e. The maximum atomic E-state index is 12.4. The number of hydrogen-bond acceptors (Lipinski definition) is 4. The van der Waals surface area contributed by atoms with Gasteiger partial charge in [0.1, 0.15) is 6.54 Å². The van der Waals surface area contributed by atoms with Crippen molar-refractivity contribution in [3.63, 3.8) is 0 Å². The Balaban J connectivity index is 2.25. The first kappa shape index (κ1) is 17.2. The van der Waals surface area contributed by atoms with Gasteiger partial charge in [0.05, 0.1) is 25.2 Å². The molecule has 1 aromatic rings. The summed E-state index contributed by atoms with van der Waals surface area (Å²) in [5, 5.41) is 0. The standard InChI is InChI=1S/C14H19BrN2O4S/c1-11-3-4-13(12(15)9-11)17(22(2,19)20)10-14(18)16-5-7-21-8-6-16/h3-4,9H,5-8,10H2,1-2H3. The molecule has 1 fully saturated rings. The van der Waals surface area contributed by atoms with Gasteiger partial charge in [0.25, 0.3) is 0 Å². The Labute approximate surface area is 139 Å². The van der Waals surface area contributed by atoms with Crippen LogP contribution >= 0.6 is 15.9 Å². The van der Waals surface area contributed by atoms with E-state index in [1.807, 2.05) is 19.1 Å². The molecule has 1 aliphatic heterocycles. The van der Waals surface area contributed by atoms with Crippen LogP contribution in [0.25, 0.3) is 0 Å². The molecule has 0 N–H and O–H groups in total. The Morgan fingerprint density at radius 3 is 2.55 bits per heavy atom. The third-order valence-electron chi connectivity index (χ3n) is 3.41. The fourth-order valence-corrected chi connectivity index (χ4v) is 3.92. The quantitative estimate of drug-likeness (QED) is 0.778. The van der Waals surface area contributed by atoms with E-state index in [-0.39, 0.29) is 12.5 Å². The third-order valence-corrected chi connectivity index (χ3v) is 5.18. The number of halogens is 1. The lowest BCUT2D eigenvalue weighted by Crippen LogP contribution is -2.47. The minimum atomic E-state index is -3.56. The second kappa shape index (κ2) is 6.97. The fraction of sp³-hybridized carbons (Fsp3) is 0.500. The molecule has 6 nitrogen and oxygen atoms in total. The minimum absolute atomic E-state index is 0.208. The molecule has 0 unspecified atom stereocenters. The molecule has 0 aromatic heterocycles. The summed E-state index contributed by atoms with van der Waals surface area (Å²) in [5.41, 5.74) is 1.47. The van der Waals surface area contributed by atoms with Crippen molar-refractivity contribution >= 4 is 37.5 Å². The molecule has 1 aromatic carbocycles. The summed E-state index contributed by atoms with van der Waals surface area (Å²) in [6, 6.07) is 5.34. The Morgan fingerprint density at radius 2 is 2.00 bits per heavy atom. The van der Waals surface area contributed by atoms with Crippen LogP contribution in [0.2, 0.25) is 0 Å². The fourth-order valence-electron chi connectivity index (χ4n) is 2.23. The predicted octanol–water partition coefficient (Wildman–Crippen LogP) is 1.38. The number of benzene rings is 1. The summed E-state index contributed by atoms with van der Waals surface area (Å²) in [5.74, 6) is -0.221. The van der Waals surface area contributed by atoms with E-state index >= 15 is 0 Å². The van der Waals surface area contributed by atoms with Crippen LogP contribution < -0.4 is 4.31 Å². The van der Waals surface area contributed by atoms with Crippen LogP contribution in [0.5, 0.6) is 0 Å². The van der Waals surface area contributed by atoms with Gasteiger partial charge in [-0.2, -0.15) is 0 Å². The topological polar surface area (TPSA) is 66.9 Å². The van der Waals surface area contributed by atoms with Gasteiger partial charge in [-0.3, -0.25) is 9.10 Å². The SMILES string of the molecule is Cc1ccc(N(CC(=O)N2CCOCC2)S(C)(=O)=O)c(Br)c1. The van der Waals surface area contributed by atoms with E-state index in [9.17, 15) is 13.2 Å². The van der Waals surface area contributed by atoms with Crippen LogP contribution in [0.4, 0.5) is 5.69 Å². The summed E-state index contributed by atoms with van der Waals surface area (Å²) in [4.78, 5) is 14.0. The molecule has 1 amide bonds. The lowest BCUT2D eigenvalue weighted by atomic mass is 10.2. The van der Waals surface area contributed by atoms with Gasteiger partial charge in [0.15, 0.2) is 0 Å². The number of morpholine rings is 1. The number of anilines is 1. The second-order valence-electron chi connectivity index (χ2n) is 5.22. The lowest BCUT2D eigenvalue weighted by molar-refractivity contribution is -0.133. The summed E-state index contributed by atoms with van der Waals surface area (Å²) in [7, 11) is -3.56. The number of ether oxygens (including phenoxy) is 1. The van der Waals surface area contributed by atoms with Crippen molar-refractivity contribution in [1.82, 2.24) is 4.90 Å². The van der Waals surface area contributed by atoms with Gasteiger partial charge in [-0.15, -0.1) is 0 Å². The van der Waals surface area contributed by atoms with Gasteiger partial charge in [-0.25, -0.2) is 8.42 Å². The van der Waals surface area contributed by atoms with Crippen LogP contribution in [-0.4, -0.2) is 58.3 Å². The van der Waals surface area contributed by atoms with Crippen molar-refractivity contribution in [1.29, 1.82) is 0 Å². The van der Waals surface area contributed by atoms with Crippen LogP contribution in [0.3, 0.4) is 0 Å². The van der Waals surface area contributed by atoms with E-state index in [0.717, 1.165) is 16.1 Å².